The molecule has 6 rings (SSSR count). The molecule has 172 valence electrons. The molecule has 3 aromatic carbocycles. The Kier molecular flexibility index (Phi) is 5.40. The average Bonchev–Trinajstić information content (AvgIpc) is 3.21. The fraction of sp³-hybridized carbons (Fsp3) is 0.161. The summed E-state index contributed by atoms with van der Waals surface area (Å²) < 4.78 is 4.13. The number of hydrogen-bond donors (Lipinski definition) is 2. The Morgan fingerprint density at radius 3 is 1.83 bits per heavy atom. The van der Waals surface area contributed by atoms with Gasteiger partial charge < -0.3 is 10.2 Å². The molecule has 2 N–H and O–H groups in total. The van der Waals surface area contributed by atoms with Gasteiger partial charge in [0.15, 0.2) is 37.9 Å². The molecule has 0 radical (unpaired) electrons. The molecule has 0 aliphatic heterocycles. The van der Waals surface area contributed by atoms with Crippen molar-refractivity contribution in [1.82, 2.24) is 0 Å². The van der Waals surface area contributed by atoms with Crippen LogP contribution in [0.4, 0.5) is 0 Å². The summed E-state index contributed by atoms with van der Waals surface area (Å²) in [7, 11) is 0. The van der Waals surface area contributed by atoms with Gasteiger partial charge in [-0.3, -0.25) is 0 Å². The van der Waals surface area contributed by atoms with Crippen LogP contribution in [-0.4, -0.2) is 23.4 Å². The predicted octanol–water partition coefficient (Wildman–Crippen LogP) is 3.76. The summed E-state index contributed by atoms with van der Waals surface area (Å²) in [6, 6.07) is 30.3. The molecule has 1 aliphatic rings. The fourth-order valence-electron chi connectivity index (χ4n) is 5.81. The van der Waals surface area contributed by atoms with Gasteiger partial charge in [-0.15, -0.1) is 0 Å². The molecular weight excluding hydrogens is 432 g/mol. The van der Waals surface area contributed by atoms with Crippen LogP contribution in [0, 0.1) is 0 Å². The lowest BCUT2D eigenvalue weighted by Crippen LogP contribution is -2.38. The number of nitrogens with zero attached hydrogens (tertiary/aromatic N) is 2. The van der Waals surface area contributed by atoms with Crippen molar-refractivity contribution in [3.8, 4) is 11.1 Å². The maximum Gasteiger partial charge on any atom is 0.176 e. The van der Waals surface area contributed by atoms with Crippen LogP contribution in [0.2, 0.25) is 0 Å². The molecule has 1 aliphatic carbocycles. The third kappa shape index (κ3) is 3.29. The molecule has 4 heteroatoms. The second-order valence-electron chi connectivity index (χ2n) is 9.11. The minimum absolute atomic E-state index is 0.0911. The highest BCUT2D eigenvalue weighted by molar-refractivity contribution is 5.99. The van der Waals surface area contributed by atoms with Crippen LogP contribution in [0.15, 0.2) is 110 Å². The summed E-state index contributed by atoms with van der Waals surface area (Å²) in [5, 5.41) is 21.5. The van der Waals surface area contributed by atoms with Crippen LogP contribution in [0.25, 0.3) is 21.9 Å². The summed E-state index contributed by atoms with van der Waals surface area (Å²) in [4.78, 5) is 0. The van der Waals surface area contributed by atoms with Crippen LogP contribution in [0.1, 0.15) is 22.3 Å². The Morgan fingerprint density at radius 2 is 1.20 bits per heavy atom. The SMILES string of the molecule is OCC[n+]1ccc2c(c1)C(c1ccccc1)(c1ccccc1)c1c-2ccc2c[n+](CCO)ccc12. The zero-order valence-corrected chi connectivity index (χ0v) is 19.5. The van der Waals surface area contributed by atoms with Gasteiger partial charge in [0, 0.05) is 23.1 Å². The number of benzene rings is 3. The summed E-state index contributed by atoms with van der Waals surface area (Å²) in [5.41, 5.74) is 6.88. The lowest BCUT2D eigenvalue weighted by Gasteiger charge is -2.33. The third-order valence-corrected chi connectivity index (χ3v) is 7.23. The molecule has 0 spiro atoms. The van der Waals surface area contributed by atoms with Crippen LogP contribution in [0.3, 0.4) is 0 Å². The average molecular weight is 461 g/mol. The number of rotatable bonds is 6. The molecule has 2 heterocycles. The largest absolute Gasteiger partial charge is 0.390 e. The number of fused-ring (bicyclic) bond motifs is 5. The Bertz CT molecular complexity index is 1470. The molecular formula is C31H28N2O2+2. The van der Waals surface area contributed by atoms with Gasteiger partial charge in [-0.1, -0.05) is 66.7 Å². The van der Waals surface area contributed by atoms with Crippen molar-refractivity contribution in [3.63, 3.8) is 0 Å². The Labute approximate surface area is 205 Å². The molecule has 0 saturated heterocycles. The quantitative estimate of drug-likeness (QED) is 0.372. The number of aliphatic hydroxyl groups is 2. The van der Waals surface area contributed by atoms with E-state index in [0.717, 1.165) is 5.39 Å². The first-order valence-electron chi connectivity index (χ1n) is 12.1. The summed E-state index contributed by atoms with van der Waals surface area (Å²) in [5.74, 6) is 0. The van der Waals surface area contributed by atoms with Gasteiger partial charge in [-0.05, 0) is 39.3 Å². The van der Waals surface area contributed by atoms with E-state index in [1.54, 1.807) is 0 Å². The van der Waals surface area contributed by atoms with E-state index >= 15 is 0 Å². The van der Waals surface area contributed by atoms with Crippen LogP contribution in [0.5, 0.6) is 0 Å². The van der Waals surface area contributed by atoms with Gasteiger partial charge in [0.25, 0.3) is 0 Å². The summed E-state index contributed by atoms with van der Waals surface area (Å²) in [6.45, 7) is 1.31. The lowest BCUT2D eigenvalue weighted by molar-refractivity contribution is -0.698. The first kappa shape index (κ1) is 21.7. The Morgan fingerprint density at radius 1 is 0.600 bits per heavy atom. The van der Waals surface area contributed by atoms with Crippen molar-refractivity contribution >= 4 is 10.8 Å². The molecule has 35 heavy (non-hydrogen) atoms. The van der Waals surface area contributed by atoms with Crippen molar-refractivity contribution < 1.29 is 19.3 Å². The Balaban J connectivity index is 1.78. The molecule has 2 aromatic heterocycles. The van der Waals surface area contributed by atoms with Gasteiger partial charge in [-0.25, -0.2) is 9.13 Å². The van der Waals surface area contributed by atoms with E-state index in [1.165, 1.54) is 38.8 Å². The number of aliphatic hydroxyl groups excluding tert-OH is 2. The van der Waals surface area contributed by atoms with E-state index in [0.29, 0.717) is 13.1 Å². The maximum absolute atomic E-state index is 9.68. The standard InChI is InChI=1S/C31H28N2O2/c34-19-17-32-15-13-26-23(21-32)11-12-28-27-14-16-33(18-20-35)22-29(27)31(30(26)28,24-7-3-1-4-8-24)25-9-5-2-6-10-25/h1-16,21-22,34-35H,17-20H2/q+2. The molecule has 0 saturated carbocycles. The second-order valence-corrected chi connectivity index (χ2v) is 9.11. The number of pyridine rings is 2. The Hall–Kier alpha value is -3.86. The predicted molar refractivity (Wildman–Crippen MR) is 136 cm³/mol. The van der Waals surface area contributed by atoms with E-state index in [1.807, 2.05) is 4.57 Å². The van der Waals surface area contributed by atoms with Crippen molar-refractivity contribution in [2.75, 3.05) is 13.2 Å². The van der Waals surface area contributed by atoms with Crippen molar-refractivity contribution in [2.24, 2.45) is 0 Å². The van der Waals surface area contributed by atoms with Gasteiger partial charge in [0.1, 0.15) is 13.2 Å². The lowest BCUT2D eigenvalue weighted by atomic mass is 9.67. The van der Waals surface area contributed by atoms with Gasteiger partial charge in [0.2, 0.25) is 0 Å². The topological polar surface area (TPSA) is 48.2 Å². The highest BCUT2D eigenvalue weighted by Crippen LogP contribution is 2.57. The molecule has 4 nitrogen and oxygen atoms in total. The monoisotopic (exact) mass is 460 g/mol. The first-order chi connectivity index (χ1) is 17.3. The van der Waals surface area contributed by atoms with E-state index in [9.17, 15) is 10.2 Å². The third-order valence-electron chi connectivity index (χ3n) is 7.23. The minimum Gasteiger partial charge on any atom is -0.390 e. The molecule has 0 unspecified atom stereocenters. The van der Waals surface area contributed by atoms with E-state index in [2.05, 4.69) is 114 Å². The van der Waals surface area contributed by atoms with Crippen molar-refractivity contribution in [2.45, 2.75) is 18.5 Å². The van der Waals surface area contributed by atoms with E-state index in [4.69, 9.17) is 0 Å². The van der Waals surface area contributed by atoms with E-state index < -0.39 is 5.41 Å². The van der Waals surface area contributed by atoms with Gasteiger partial charge >= 0.3 is 0 Å². The second kappa shape index (κ2) is 8.73. The molecule has 0 atom stereocenters. The maximum atomic E-state index is 9.68. The molecule has 5 aromatic rings. The molecule has 0 bridgehead atoms. The highest BCUT2D eigenvalue weighted by atomic mass is 16.3. The molecule has 0 amide bonds. The normalized spacial score (nSPS) is 13.5. The molecule has 0 fully saturated rings. The zero-order chi connectivity index (χ0) is 23.8. The highest BCUT2D eigenvalue weighted by Gasteiger charge is 2.49. The summed E-state index contributed by atoms with van der Waals surface area (Å²) in [6.07, 6.45) is 8.47. The van der Waals surface area contributed by atoms with E-state index in [-0.39, 0.29) is 13.2 Å². The van der Waals surface area contributed by atoms with Crippen LogP contribution in [-0.2, 0) is 18.5 Å². The van der Waals surface area contributed by atoms with Crippen LogP contribution >= 0.6 is 0 Å². The first-order valence-corrected chi connectivity index (χ1v) is 12.1. The van der Waals surface area contributed by atoms with Crippen molar-refractivity contribution in [3.05, 3.63) is 132 Å². The smallest absolute Gasteiger partial charge is 0.176 e. The van der Waals surface area contributed by atoms with Gasteiger partial charge in [0.05, 0.1) is 5.41 Å². The summed E-state index contributed by atoms with van der Waals surface area (Å²) >= 11 is 0. The zero-order valence-electron chi connectivity index (χ0n) is 19.5. The number of hydrogen-bond acceptors (Lipinski definition) is 2. The number of aromatic nitrogens is 2. The minimum atomic E-state index is -0.506. The van der Waals surface area contributed by atoms with Crippen molar-refractivity contribution in [1.29, 1.82) is 0 Å². The fourth-order valence-corrected chi connectivity index (χ4v) is 5.81. The van der Waals surface area contributed by atoms with Crippen LogP contribution < -0.4 is 9.13 Å². The van der Waals surface area contributed by atoms with Gasteiger partial charge in [-0.2, -0.15) is 0 Å².